The minimum atomic E-state index is -4.13. The van der Waals surface area contributed by atoms with Gasteiger partial charge in [0.1, 0.15) is 11.5 Å². The maximum atomic E-state index is 13.4. The molecular formula is C29H19Cl2N3O6S. The van der Waals surface area contributed by atoms with Gasteiger partial charge in [-0.15, -0.1) is 0 Å². The van der Waals surface area contributed by atoms with Crippen LogP contribution in [0, 0.1) is 10.1 Å². The Bertz CT molecular complexity index is 1910. The number of non-ortho nitro benzene ring substituents is 1. The van der Waals surface area contributed by atoms with E-state index in [0.29, 0.717) is 33.0 Å². The number of anilines is 2. The van der Waals surface area contributed by atoms with Crippen LogP contribution in [-0.2, 0) is 10.0 Å². The van der Waals surface area contributed by atoms with Gasteiger partial charge in [-0.25, -0.2) is 8.42 Å². The summed E-state index contributed by atoms with van der Waals surface area (Å²) in [6, 6.07) is 25.9. The summed E-state index contributed by atoms with van der Waals surface area (Å²) < 4.78 is 34.6. The molecule has 0 unspecified atom stereocenters. The number of fused-ring (bicyclic) bond motifs is 1. The Hall–Kier alpha value is -4.64. The third-order valence-corrected chi connectivity index (χ3v) is 7.94. The number of nitrogens with one attached hydrogen (secondary N) is 2. The van der Waals surface area contributed by atoms with Gasteiger partial charge >= 0.3 is 0 Å². The van der Waals surface area contributed by atoms with Crippen molar-refractivity contribution in [3.63, 3.8) is 0 Å². The molecule has 206 valence electrons. The highest BCUT2D eigenvalue weighted by Gasteiger charge is 2.21. The number of nitrogens with zero attached hydrogens (tertiary/aromatic N) is 1. The van der Waals surface area contributed by atoms with Gasteiger partial charge in [-0.2, -0.15) is 0 Å². The summed E-state index contributed by atoms with van der Waals surface area (Å²) in [5.74, 6) is 0.118. The van der Waals surface area contributed by atoms with Crippen LogP contribution in [0.4, 0.5) is 17.1 Å². The van der Waals surface area contributed by atoms with Crippen molar-refractivity contribution in [2.24, 2.45) is 0 Å². The normalized spacial score (nSPS) is 11.2. The number of carbonyl (C=O) groups is 1. The van der Waals surface area contributed by atoms with Gasteiger partial charge in [0.15, 0.2) is 0 Å². The summed E-state index contributed by atoms with van der Waals surface area (Å²) >= 11 is 12.3. The molecule has 41 heavy (non-hydrogen) atoms. The molecule has 5 aromatic carbocycles. The summed E-state index contributed by atoms with van der Waals surface area (Å²) in [5, 5.41) is 15.5. The van der Waals surface area contributed by atoms with Crippen LogP contribution >= 0.6 is 23.2 Å². The van der Waals surface area contributed by atoms with Crippen LogP contribution in [0.15, 0.2) is 108 Å². The Kier molecular flexibility index (Phi) is 7.80. The highest BCUT2D eigenvalue weighted by Crippen LogP contribution is 2.33. The van der Waals surface area contributed by atoms with E-state index in [1.54, 1.807) is 48.5 Å². The molecule has 0 saturated heterocycles. The van der Waals surface area contributed by atoms with E-state index in [9.17, 15) is 23.3 Å². The standard InChI is InChI=1S/C29H19Cl2N3O6S/c30-18-9-14-26(33-41(38,39)20-12-10-19(11-13-20)40-28-8-4-3-7-24(28)31)23(17-18)29(35)32-25-15-16-27(34(36)37)22-6-2-1-5-21(22)25/h1-17,33H,(H,32,35). The molecule has 0 aromatic heterocycles. The zero-order chi connectivity index (χ0) is 29.1. The number of carbonyl (C=O) groups excluding carboxylic acids is 1. The van der Waals surface area contributed by atoms with Crippen molar-refractivity contribution in [3.05, 3.63) is 129 Å². The molecule has 0 heterocycles. The number of rotatable bonds is 8. The van der Waals surface area contributed by atoms with Gasteiger partial charge in [0.2, 0.25) is 0 Å². The molecule has 0 spiro atoms. The summed E-state index contributed by atoms with van der Waals surface area (Å²) in [6.07, 6.45) is 0. The molecule has 5 rings (SSSR count). The maximum Gasteiger partial charge on any atom is 0.277 e. The molecule has 2 N–H and O–H groups in total. The van der Waals surface area contributed by atoms with E-state index in [-0.39, 0.29) is 26.9 Å². The van der Waals surface area contributed by atoms with Crippen LogP contribution in [0.1, 0.15) is 10.4 Å². The van der Waals surface area contributed by atoms with Crippen molar-refractivity contribution >= 4 is 67.0 Å². The number of hydrogen-bond donors (Lipinski definition) is 2. The van der Waals surface area contributed by atoms with Gasteiger partial charge in [-0.05, 0) is 66.7 Å². The second-order valence-corrected chi connectivity index (χ2v) is 11.2. The molecule has 1 amide bonds. The monoisotopic (exact) mass is 607 g/mol. The maximum absolute atomic E-state index is 13.4. The number of amides is 1. The highest BCUT2D eigenvalue weighted by molar-refractivity contribution is 7.92. The Morgan fingerprint density at radius 2 is 1.46 bits per heavy atom. The van der Waals surface area contributed by atoms with Gasteiger partial charge < -0.3 is 10.1 Å². The third kappa shape index (κ3) is 6.09. The third-order valence-electron chi connectivity index (χ3n) is 6.02. The molecule has 9 nitrogen and oxygen atoms in total. The average Bonchev–Trinajstić information content (AvgIpc) is 2.95. The molecule has 12 heteroatoms. The lowest BCUT2D eigenvalue weighted by molar-refractivity contribution is -0.383. The topological polar surface area (TPSA) is 128 Å². The number of nitro groups is 1. The lowest BCUT2D eigenvalue weighted by Crippen LogP contribution is -2.19. The number of nitro benzene ring substituents is 1. The van der Waals surface area contributed by atoms with Crippen molar-refractivity contribution in [1.82, 2.24) is 0 Å². The fourth-order valence-electron chi connectivity index (χ4n) is 4.08. The van der Waals surface area contributed by atoms with Crippen molar-refractivity contribution < 1.29 is 22.9 Å². The lowest BCUT2D eigenvalue weighted by Gasteiger charge is -2.15. The predicted octanol–water partition coefficient (Wildman–Crippen LogP) is 7.90. The van der Waals surface area contributed by atoms with Gasteiger partial charge in [0, 0.05) is 22.2 Å². The largest absolute Gasteiger partial charge is 0.456 e. The molecule has 0 aliphatic rings. The number of sulfonamides is 1. The molecule has 0 saturated carbocycles. The molecular weight excluding hydrogens is 589 g/mol. The zero-order valence-corrected chi connectivity index (χ0v) is 23.2. The molecule has 0 aliphatic carbocycles. The van der Waals surface area contributed by atoms with Crippen LogP contribution < -0.4 is 14.8 Å². The highest BCUT2D eigenvalue weighted by atomic mass is 35.5. The van der Waals surface area contributed by atoms with Crippen LogP contribution in [0.25, 0.3) is 10.8 Å². The molecule has 0 atom stereocenters. The Morgan fingerprint density at radius 3 is 2.17 bits per heavy atom. The smallest absolute Gasteiger partial charge is 0.277 e. The first kappa shape index (κ1) is 27.9. The van der Waals surface area contributed by atoms with Crippen LogP contribution in [0.5, 0.6) is 11.5 Å². The first-order valence-electron chi connectivity index (χ1n) is 11.9. The van der Waals surface area contributed by atoms with Crippen molar-refractivity contribution in [1.29, 1.82) is 0 Å². The summed E-state index contributed by atoms with van der Waals surface area (Å²) in [7, 11) is -4.13. The second kappa shape index (κ2) is 11.5. The predicted molar refractivity (Wildman–Crippen MR) is 159 cm³/mol. The molecule has 5 aromatic rings. The molecule has 0 radical (unpaired) electrons. The number of ether oxygens (including phenoxy) is 1. The molecule has 0 fully saturated rings. The summed E-state index contributed by atoms with van der Waals surface area (Å²) in [6.45, 7) is 0. The number of para-hydroxylation sites is 1. The van der Waals surface area contributed by atoms with Crippen LogP contribution in [0.3, 0.4) is 0 Å². The Labute approximate surface area is 244 Å². The zero-order valence-electron chi connectivity index (χ0n) is 20.9. The number of benzene rings is 5. The fraction of sp³-hybridized carbons (Fsp3) is 0. The first-order valence-corrected chi connectivity index (χ1v) is 14.2. The van der Waals surface area contributed by atoms with Crippen LogP contribution in [-0.4, -0.2) is 19.2 Å². The van der Waals surface area contributed by atoms with Gasteiger partial charge in [-0.1, -0.05) is 53.5 Å². The van der Waals surface area contributed by atoms with Gasteiger partial charge in [-0.3, -0.25) is 19.6 Å². The molecule has 0 bridgehead atoms. The van der Waals surface area contributed by atoms with Crippen molar-refractivity contribution in [2.45, 2.75) is 4.90 Å². The van der Waals surface area contributed by atoms with E-state index in [4.69, 9.17) is 27.9 Å². The minimum absolute atomic E-state index is 0.0190. The van der Waals surface area contributed by atoms with E-state index < -0.39 is 20.9 Å². The van der Waals surface area contributed by atoms with Gasteiger partial charge in [0.05, 0.1) is 31.5 Å². The quantitative estimate of drug-likeness (QED) is 0.136. The van der Waals surface area contributed by atoms with E-state index >= 15 is 0 Å². The summed E-state index contributed by atoms with van der Waals surface area (Å²) in [5.41, 5.74) is 0.119. The summed E-state index contributed by atoms with van der Waals surface area (Å²) in [4.78, 5) is 24.2. The average molecular weight is 608 g/mol. The lowest BCUT2D eigenvalue weighted by atomic mass is 10.1. The molecule has 0 aliphatic heterocycles. The van der Waals surface area contributed by atoms with E-state index in [1.807, 2.05) is 0 Å². The van der Waals surface area contributed by atoms with E-state index in [2.05, 4.69) is 10.0 Å². The Balaban J connectivity index is 1.40. The number of halogens is 2. The van der Waals surface area contributed by atoms with Gasteiger partial charge in [0.25, 0.3) is 21.6 Å². The van der Waals surface area contributed by atoms with Crippen LogP contribution in [0.2, 0.25) is 10.0 Å². The second-order valence-electron chi connectivity index (χ2n) is 8.69. The fourth-order valence-corrected chi connectivity index (χ4v) is 5.51. The van der Waals surface area contributed by atoms with E-state index in [1.165, 1.54) is 54.6 Å². The van der Waals surface area contributed by atoms with Crippen molar-refractivity contribution in [2.75, 3.05) is 10.0 Å². The first-order chi connectivity index (χ1) is 19.6. The Morgan fingerprint density at radius 1 is 0.805 bits per heavy atom. The van der Waals surface area contributed by atoms with Crippen molar-refractivity contribution in [3.8, 4) is 11.5 Å². The van der Waals surface area contributed by atoms with E-state index in [0.717, 1.165) is 0 Å². The number of hydrogen-bond acceptors (Lipinski definition) is 6. The SMILES string of the molecule is O=C(Nc1ccc([N+](=O)[O-])c2ccccc12)c1cc(Cl)ccc1NS(=O)(=O)c1ccc(Oc2ccccc2Cl)cc1. The minimum Gasteiger partial charge on any atom is -0.456 e.